The fourth-order valence-electron chi connectivity index (χ4n) is 7.45. The highest BCUT2D eigenvalue weighted by molar-refractivity contribution is 7.80. The summed E-state index contributed by atoms with van der Waals surface area (Å²) < 4.78 is 0. The molecular weight excluding hydrogens is 935 g/mol. The zero-order valence-corrected chi connectivity index (χ0v) is 40.4. The summed E-state index contributed by atoms with van der Waals surface area (Å²) in [5.41, 5.74) is 17.5. The Morgan fingerprint density at radius 2 is 1.44 bits per heavy atom. The smallest absolute Gasteiger partial charge is 0.327 e. The number of carbonyl (C=O) groups excluding carboxylic acids is 7. The van der Waals surface area contributed by atoms with Gasteiger partial charge in [-0.2, -0.15) is 12.6 Å². The average molecular weight is 1000 g/mol. The van der Waals surface area contributed by atoms with Crippen molar-refractivity contribution >= 4 is 71.9 Å². The van der Waals surface area contributed by atoms with Crippen LogP contribution in [0.4, 0.5) is 0 Å². The Kier molecular flexibility index (Phi) is 22.9. The number of H-pyrrole nitrogens is 1. The van der Waals surface area contributed by atoms with Crippen LogP contribution in [0.15, 0.2) is 41.8 Å². The summed E-state index contributed by atoms with van der Waals surface area (Å²) in [5.74, 6) is -9.91. The van der Waals surface area contributed by atoms with Crippen molar-refractivity contribution in [3.8, 4) is 5.75 Å². The van der Waals surface area contributed by atoms with E-state index in [9.17, 15) is 53.4 Å². The van der Waals surface area contributed by atoms with Crippen LogP contribution in [0.5, 0.6) is 5.75 Å². The zero-order valence-electron chi connectivity index (χ0n) is 39.6. The number of rotatable bonds is 28. The number of aromatic amines is 1. The molecule has 0 bridgehead atoms. The number of aromatic nitrogens is 2. The van der Waals surface area contributed by atoms with Crippen molar-refractivity contribution in [3.05, 3.63) is 48.0 Å². The third-order valence-electron chi connectivity index (χ3n) is 11.6. The third kappa shape index (κ3) is 17.8. The number of guanidine groups is 1. The fraction of sp³-hybridized carbons (Fsp3) is 0.568. The highest BCUT2D eigenvalue weighted by Crippen LogP contribution is 2.21. The Labute approximate surface area is 410 Å². The number of nitrogens with zero attached hydrogens (tertiary/aromatic N) is 3. The van der Waals surface area contributed by atoms with Gasteiger partial charge in [0, 0.05) is 43.6 Å². The number of aliphatic imine (C=N–C) groups is 1. The van der Waals surface area contributed by atoms with Crippen LogP contribution in [0.2, 0.25) is 0 Å². The minimum atomic E-state index is -1.51. The number of hydrogen-bond donors (Lipinski definition) is 14. The van der Waals surface area contributed by atoms with Crippen LogP contribution in [0.25, 0.3) is 0 Å². The number of thiol groups is 1. The van der Waals surface area contributed by atoms with Crippen LogP contribution in [0.1, 0.15) is 77.5 Å². The molecule has 25 nitrogen and oxygen atoms in total. The molecule has 1 aliphatic heterocycles. The van der Waals surface area contributed by atoms with Crippen molar-refractivity contribution in [2.24, 2.45) is 34.0 Å². The number of nitrogens with two attached hydrogens (primary N) is 3. The Morgan fingerprint density at radius 1 is 0.829 bits per heavy atom. The number of nitrogens with one attached hydrogen (secondary N) is 7. The largest absolute Gasteiger partial charge is 0.508 e. The summed E-state index contributed by atoms with van der Waals surface area (Å²) in [4.78, 5) is 132. The molecule has 3 rings (SSSR count). The third-order valence-corrected chi connectivity index (χ3v) is 12.0. The van der Waals surface area contributed by atoms with Gasteiger partial charge < -0.3 is 74.3 Å². The molecule has 2 aromatic rings. The number of amides is 7. The molecule has 9 atom stereocenters. The molecule has 16 N–H and O–H groups in total. The first-order valence-corrected chi connectivity index (χ1v) is 23.4. The molecule has 26 heteroatoms. The lowest BCUT2D eigenvalue weighted by Crippen LogP contribution is -2.62. The number of aliphatic carboxylic acids is 2. The second-order valence-corrected chi connectivity index (χ2v) is 17.7. The summed E-state index contributed by atoms with van der Waals surface area (Å²) >= 11 is 4.01. The SMILES string of the molecule is CC[C@H](C)[C@H](NC(=O)[C@H](Cc1ccc(O)cc1)NC(=O)[C@@H](NC(=O)[C@H](CCCN=C(N)N)NC(=O)[C@@H](N)CC(=O)O)C(C)C)C(=O)N[C@@H](Cc1cnc[nH]1)C(=O)N1CCC[C@H]1C(=O)N[C@@H](CS)C(=O)O. The van der Waals surface area contributed by atoms with Crippen LogP contribution in [0, 0.1) is 11.8 Å². The molecule has 386 valence electrons. The number of carboxylic acid groups (broad SMARTS) is 2. The highest BCUT2D eigenvalue weighted by atomic mass is 32.1. The summed E-state index contributed by atoms with van der Waals surface area (Å²) in [6.45, 7) is 6.89. The number of hydrogen-bond acceptors (Lipinski definition) is 14. The number of carbonyl (C=O) groups is 9. The maximum absolute atomic E-state index is 14.5. The van der Waals surface area contributed by atoms with Crippen LogP contribution < -0.4 is 49.1 Å². The molecule has 0 radical (unpaired) electrons. The molecule has 1 aromatic carbocycles. The standard InChI is InChI=1S/C44H67N13O12S/c1-5-23(4)35(41(66)53-30(17-25-19-48-21-50-25)42(67)57-15-7-9-32(57)39(64)54-31(20-70)43(68)69)56-38(63)29(16-24-10-12-26(58)13-11-24)52-40(65)34(22(2)3)55-37(62)28(8-6-14-49-44(46)47)51-36(61)27(45)18-33(59)60/h10-13,19,21-23,27-32,34-35,58,70H,5-9,14-18,20,45H2,1-4H3,(H,48,50)(H,51,61)(H,52,65)(H,53,66)(H,54,64)(H,55,62)(H,56,63)(H,59,60)(H,68,69)(H4,46,47,49)/t23-,27-,28-,29-,30-,31-,32-,34-,35-/m0/s1. The van der Waals surface area contributed by atoms with E-state index in [1.807, 2.05) is 0 Å². The number of likely N-dealkylation sites (tertiary alicyclic amines) is 1. The maximum Gasteiger partial charge on any atom is 0.327 e. The molecular formula is C44H67N13O12S. The van der Waals surface area contributed by atoms with Crippen molar-refractivity contribution in [1.29, 1.82) is 0 Å². The molecule has 2 heterocycles. The quantitative estimate of drug-likeness (QED) is 0.0180. The predicted molar refractivity (Wildman–Crippen MR) is 256 cm³/mol. The maximum atomic E-state index is 14.5. The van der Waals surface area contributed by atoms with Gasteiger partial charge in [-0.15, -0.1) is 0 Å². The van der Waals surface area contributed by atoms with Crippen LogP contribution >= 0.6 is 12.6 Å². The van der Waals surface area contributed by atoms with Gasteiger partial charge in [0.2, 0.25) is 41.4 Å². The van der Waals surface area contributed by atoms with Crippen molar-refractivity contribution in [1.82, 2.24) is 46.8 Å². The number of benzene rings is 1. The molecule has 1 aliphatic rings. The van der Waals surface area contributed by atoms with E-state index in [1.165, 1.54) is 41.7 Å². The lowest BCUT2D eigenvalue weighted by Gasteiger charge is -2.32. The minimum absolute atomic E-state index is 0.0581. The molecule has 1 aromatic heterocycles. The van der Waals surface area contributed by atoms with Crippen molar-refractivity contribution in [2.45, 2.75) is 127 Å². The number of aromatic hydroxyl groups is 1. The van der Waals surface area contributed by atoms with Gasteiger partial charge in [0.15, 0.2) is 5.96 Å². The Morgan fingerprint density at radius 3 is 2.01 bits per heavy atom. The molecule has 0 spiro atoms. The molecule has 0 unspecified atom stereocenters. The summed E-state index contributed by atoms with van der Waals surface area (Å²) in [7, 11) is 0. The van der Waals surface area contributed by atoms with Crippen molar-refractivity contribution in [2.75, 3.05) is 18.8 Å². The van der Waals surface area contributed by atoms with E-state index >= 15 is 0 Å². The van der Waals surface area contributed by atoms with Crippen LogP contribution in [-0.2, 0) is 56.0 Å². The average Bonchev–Trinajstić information content (AvgIpc) is 4.02. The summed E-state index contributed by atoms with van der Waals surface area (Å²) in [6, 6.07) is -4.78. The van der Waals surface area contributed by atoms with E-state index in [4.69, 9.17) is 22.3 Å². The first kappa shape index (κ1) is 57.4. The Hall–Kier alpha value is -6.96. The first-order chi connectivity index (χ1) is 33.1. The van der Waals surface area contributed by atoms with Crippen molar-refractivity contribution in [3.63, 3.8) is 0 Å². The number of carboxylic acids is 2. The van der Waals surface area contributed by atoms with Crippen molar-refractivity contribution < 1.29 is 58.5 Å². The first-order valence-electron chi connectivity index (χ1n) is 22.8. The molecule has 7 amide bonds. The van der Waals surface area contributed by atoms with Gasteiger partial charge in [-0.25, -0.2) is 9.78 Å². The lowest BCUT2D eigenvalue weighted by molar-refractivity contribution is -0.144. The van der Waals surface area contributed by atoms with E-state index in [0.29, 0.717) is 24.1 Å². The minimum Gasteiger partial charge on any atom is -0.508 e. The molecule has 70 heavy (non-hydrogen) atoms. The van der Waals surface area contributed by atoms with E-state index in [1.54, 1.807) is 27.7 Å². The van der Waals surface area contributed by atoms with Gasteiger partial charge in [0.1, 0.15) is 48.0 Å². The van der Waals surface area contributed by atoms with Gasteiger partial charge in [0.25, 0.3) is 0 Å². The van der Waals surface area contributed by atoms with Gasteiger partial charge in [-0.3, -0.25) is 43.3 Å². The molecule has 1 fully saturated rings. The van der Waals surface area contributed by atoms with Crippen LogP contribution in [-0.4, -0.2) is 157 Å². The molecule has 0 aliphatic carbocycles. The van der Waals surface area contributed by atoms with Crippen LogP contribution in [0.3, 0.4) is 0 Å². The monoisotopic (exact) mass is 1000 g/mol. The lowest BCUT2D eigenvalue weighted by atomic mass is 9.96. The van der Waals surface area contributed by atoms with E-state index in [0.717, 1.165) is 0 Å². The van der Waals surface area contributed by atoms with E-state index in [-0.39, 0.29) is 62.7 Å². The van der Waals surface area contributed by atoms with Gasteiger partial charge in [-0.1, -0.05) is 46.2 Å². The second kappa shape index (κ2) is 27.9. The Bertz CT molecular complexity index is 2160. The van der Waals surface area contributed by atoms with E-state index < -0.39 is 120 Å². The fourth-order valence-corrected chi connectivity index (χ4v) is 7.70. The summed E-state index contributed by atoms with van der Waals surface area (Å²) in [5, 5.41) is 44.3. The number of phenolic OH excluding ortho intramolecular Hbond substituents is 1. The summed E-state index contributed by atoms with van der Waals surface area (Å²) in [6.07, 6.45) is 2.91. The number of imidazole rings is 1. The van der Waals surface area contributed by atoms with Gasteiger partial charge >= 0.3 is 11.9 Å². The molecule has 1 saturated heterocycles. The zero-order chi connectivity index (χ0) is 52.2. The topological polar surface area (TPSA) is 409 Å². The second-order valence-electron chi connectivity index (χ2n) is 17.4. The Balaban J connectivity index is 1.93. The van der Waals surface area contributed by atoms with Gasteiger partial charge in [-0.05, 0) is 55.2 Å². The van der Waals surface area contributed by atoms with E-state index in [2.05, 4.69) is 59.5 Å². The molecule has 0 saturated carbocycles. The highest BCUT2D eigenvalue weighted by Gasteiger charge is 2.41. The predicted octanol–water partition coefficient (Wildman–Crippen LogP) is -2.63. The normalized spacial score (nSPS) is 16.7. The van der Waals surface area contributed by atoms with Gasteiger partial charge in [0.05, 0.1) is 18.8 Å². The number of phenols is 1.